The molecule has 3 aliphatic heterocycles. The van der Waals surface area contributed by atoms with Crippen LogP contribution in [0.5, 0.6) is 0 Å². The molecule has 0 aromatic carbocycles. The van der Waals surface area contributed by atoms with E-state index in [2.05, 4.69) is 16.7 Å². The number of methoxy groups -OCH3 is 1. The van der Waals surface area contributed by atoms with Gasteiger partial charge in [-0.2, -0.15) is 0 Å². The van der Waals surface area contributed by atoms with E-state index in [1.807, 2.05) is 4.90 Å². The molecule has 0 aromatic heterocycles. The van der Waals surface area contributed by atoms with Crippen LogP contribution in [0, 0.1) is 0 Å². The Hall–Kier alpha value is -1.60. The molecule has 0 aliphatic carbocycles. The summed E-state index contributed by atoms with van der Waals surface area (Å²) in [6.07, 6.45) is 5.98. The molecule has 3 aliphatic rings. The van der Waals surface area contributed by atoms with E-state index in [-0.39, 0.29) is 30.1 Å². The van der Waals surface area contributed by atoms with Gasteiger partial charge in [0.25, 0.3) is 0 Å². The number of hydrogen-bond donors (Lipinski definition) is 2. The largest absolute Gasteiger partial charge is 0.380 e. The van der Waals surface area contributed by atoms with Gasteiger partial charge in [0.2, 0.25) is 5.91 Å². The maximum atomic E-state index is 12.6. The van der Waals surface area contributed by atoms with Crippen LogP contribution in [0.1, 0.15) is 32.1 Å². The highest BCUT2D eigenvalue weighted by molar-refractivity contribution is 5.79. The summed E-state index contributed by atoms with van der Waals surface area (Å²) in [4.78, 5) is 26.1. The van der Waals surface area contributed by atoms with Gasteiger partial charge in [0.1, 0.15) is 0 Å². The molecule has 2 fully saturated rings. The fourth-order valence-electron chi connectivity index (χ4n) is 3.69. The van der Waals surface area contributed by atoms with Gasteiger partial charge in [-0.25, -0.2) is 4.79 Å². The average Bonchev–Trinajstić information content (AvgIpc) is 3.12. The number of piperidine rings is 1. The van der Waals surface area contributed by atoms with Gasteiger partial charge in [0.15, 0.2) is 0 Å². The average molecular weight is 337 g/mol. The van der Waals surface area contributed by atoms with Crippen LogP contribution < -0.4 is 10.6 Å². The number of carbonyl (C=O) groups is 2. The van der Waals surface area contributed by atoms with E-state index in [1.165, 1.54) is 5.57 Å². The zero-order valence-electron chi connectivity index (χ0n) is 14.3. The number of nitrogens with one attached hydrogen (secondary N) is 2. The van der Waals surface area contributed by atoms with E-state index in [9.17, 15) is 9.59 Å². The summed E-state index contributed by atoms with van der Waals surface area (Å²) in [7, 11) is 1.68. The number of urea groups is 1. The van der Waals surface area contributed by atoms with E-state index in [0.29, 0.717) is 32.5 Å². The predicted molar refractivity (Wildman–Crippen MR) is 88.6 cm³/mol. The van der Waals surface area contributed by atoms with Crippen molar-refractivity contribution in [3.05, 3.63) is 11.6 Å². The fraction of sp³-hybridized carbons (Fsp3) is 0.765. The second kappa shape index (κ2) is 7.98. The maximum Gasteiger partial charge on any atom is 0.317 e. The second-order valence-corrected chi connectivity index (χ2v) is 6.73. The fourth-order valence-corrected chi connectivity index (χ4v) is 3.69. The minimum atomic E-state index is -0.123. The molecule has 2 N–H and O–H groups in total. The van der Waals surface area contributed by atoms with Gasteiger partial charge in [-0.3, -0.25) is 4.79 Å². The molecular weight excluding hydrogens is 310 g/mol. The first-order chi connectivity index (χ1) is 11.7. The van der Waals surface area contributed by atoms with Gasteiger partial charge in [0.05, 0.1) is 24.8 Å². The van der Waals surface area contributed by atoms with Gasteiger partial charge >= 0.3 is 6.03 Å². The third-order valence-corrected chi connectivity index (χ3v) is 5.04. The summed E-state index contributed by atoms with van der Waals surface area (Å²) in [6, 6.07) is -0.253. The number of rotatable bonds is 4. The van der Waals surface area contributed by atoms with Gasteiger partial charge in [-0.1, -0.05) is 6.08 Å². The molecule has 3 heterocycles. The van der Waals surface area contributed by atoms with E-state index >= 15 is 0 Å². The molecule has 2 saturated heterocycles. The zero-order valence-corrected chi connectivity index (χ0v) is 14.3. The molecule has 0 aromatic rings. The molecule has 134 valence electrons. The van der Waals surface area contributed by atoms with Crippen molar-refractivity contribution in [1.29, 1.82) is 0 Å². The van der Waals surface area contributed by atoms with Crippen LogP contribution in [-0.4, -0.2) is 68.4 Å². The van der Waals surface area contributed by atoms with E-state index in [1.54, 1.807) is 7.11 Å². The highest BCUT2D eigenvalue weighted by Gasteiger charge is 2.38. The minimum Gasteiger partial charge on any atom is -0.380 e. The SMILES string of the molecule is COCC1=CCN(C(=O)NC2CCC(=O)NC2C2CCCO2)CC1. The van der Waals surface area contributed by atoms with Crippen LogP contribution >= 0.6 is 0 Å². The first kappa shape index (κ1) is 17.2. The Bertz CT molecular complexity index is 502. The van der Waals surface area contributed by atoms with Gasteiger partial charge in [0, 0.05) is 33.2 Å². The third kappa shape index (κ3) is 4.08. The van der Waals surface area contributed by atoms with Gasteiger partial charge in [-0.05, 0) is 31.3 Å². The Morgan fingerprint density at radius 2 is 2.33 bits per heavy atom. The van der Waals surface area contributed by atoms with Crippen LogP contribution in [0.25, 0.3) is 0 Å². The van der Waals surface area contributed by atoms with Crippen LogP contribution in [0.4, 0.5) is 4.79 Å². The van der Waals surface area contributed by atoms with Crippen LogP contribution in [0.2, 0.25) is 0 Å². The Morgan fingerprint density at radius 3 is 3.00 bits per heavy atom. The molecule has 7 heteroatoms. The molecular formula is C17H27N3O4. The Balaban J connectivity index is 1.57. The number of hydrogen-bond acceptors (Lipinski definition) is 4. The Labute approximate surface area is 142 Å². The van der Waals surface area contributed by atoms with Crippen molar-refractivity contribution in [1.82, 2.24) is 15.5 Å². The van der Waals surface area contributed by atoms with Crippen molar-refractivity contribution in [2.24, 2.45) is 0 Å². The summed E-state index contributed by atoms with van der Waals surface area (Å²) in [5.41, 5.74) is 1.24. The lowest BCUT2D eigenvalue weighted by atomic mass is 9.92. The van der Waals surface area contributed by atoms with Crippen molar-refractivity contribution >= 4 is 11.9 Å². The smallest absolute Gasteiger partial charge is 0.317 e. The summed E-state index contributed by atoms with van der Waals surface area (Å²) in [6.45, 7) is 2.67. The third-order valence-electron chi connectivity index (χ3n) is 5.04. The van der Waals surface area contributed by atoms with Crippen molar-refractivity contribution in [2.75, 3.05) is 33.4 Å². The highest BCUT2D eigenvalue weighted by atomic mass is 16.5. The molecule has 7 nitrogen and oxygen atoms in total. The summed E-state index contributed by atoms with van der Waals surface area (Å²) in [5.74, 6) is 0.0473. The van der Waals surface area contributed by atoms with Crippen molar-refractivity contribution in [2.45, 2.75) is 50.3 Å². The Kier molecular flexibility index (Phi) is 5.73. The first-order valence-corrected chi connectivity index (χ1v) is 8.80. The second-order valence-electron chi connectivity index (χ2n) is 6.73. The summed E-state index contributed by atoms with van der Waals surface area (Å²) < 4.78 is 10.9. The normalized spacial score (nSPS) is 30.7. The summed E-state index contributed by atoms with van der Waals surface area (Å²) >= 11 is 0. The topological polar surface area (TPSA) is 79.9 Å². The minimum absolute atomic E-state index is 0.00843. The number of nitrogens with zero attached hydrogens (tertiary/aromatic N) is 1. The lowest BCUT2D eigenvalue weighted by Gasteiger charge is -2.37. The lowest BCUT2D eigenvalue weighted by Crippen LogP contribution is -2.61. The van der Waals surface area contributed by atoms with Crippen molar-refractivity contribution < 1.29 is 19.1 Å². The lowest BCUT2D eigenvalue weighted by molar-refractivity contribution is -0.125. The quantitative estimate of drug-likeness (QED) is 0.744. The number of carbonyl (C=O) groups excluding carboxylic acids is 2. The standard InChI is InChI=1S/C17H27N3O4/c1-23-11-12-6-8-20(9-7-12)17(22)18-13-4-5-15(21)19-16(13)14-3-2-10-24-14/h6,13-14,16H,2-5,7-11H2,1H3,(H,18,22)(H,19,21). The highest BCUT2D eigenvalue weighted by Crippen LogP contribution is 2.23. The van der Waals surface area contributed by atoms with Crippen LogP contribution in [-0.2, 0) is 14.3 Å². The maximum absolute atomic E-state index is 12.6. The van der Waals surface area contributed by atoms with E-state index in [4.69, 9.17) is 9.47 Å². The molecule has 0 spiro atoms. The molecule has 0 bridgehead atoms. The predicted octanol–water partition coefficient (Wildman–Crippen LogP) is 0.801. The first-order valence-electron chi connectivity index (χ1n) is 8.80. The molecule has 3 atom stereocenters. The Morgan fingerprint density at radius 1 is 1.46 bits per heavy atom. The van der Waals surface area contributed by atoms with Crippen LogP contribution in [0.15, 0.2) is 11.6 Å². The number of ether oxygens (including phenoxy) is 2. The molecule has 0 saturated carbocycles. The van der Waals surface area contributed by atoms with E-state index in [0.717, 1.165) is 25.9 Å². The van der Waals surface area contributed by atoms with Crippen LogP contribution in [0.3, 0.4) is 0 Å². The van der Waals surface area contributed by atoms with Crippen molar-refractivity contribution in [3.8, 4) is 0 Å². The molecule has 3 unspecified atom stereocenters. The molecule has 3 amide bonds. The number of amides is 3. The summed E-state index contributed by atoms with van der Waals surface area (Å²) in [5, 5.41) is 6.13. The molecule has 3 rings (SSSR count). The van der Waals surface area contributed by atoms with Gasteiger partial charge in [-0.15, -0.1) is 0 Å². The molecule has 24 heavy (non-hydrogen) atoms. The van der Waals surface area contributed by atoms with E-state index < -0.39 is 0 Å². The zero-order chi connectivity index (χ0) is 16.9. The van der Waals surface area contributed by atoms with Gasteiger partial charge < -0.3 is 25.0 Å². The monoisotopic (exact) mass is 337 g/mol. The molecule has 0 radical (unpaired) electrons. The van der Waals surface area contributed by atoms with Crippen molar-refractivity contribution in [3.63, 3.8) is 0 Å².